The summed E-state index contributed by atoms with van der Waals surface area (Å²) >= 11 is 18.1. The maximum Gasteiger partial charge on any atom is 0.150 e. The van der Waals surface area contributed by atoms with Crippen molar-refractivity contribution in [1.29, 1.82) is 0 Å². The van der Waals surface area contributed by atoms with Gasteiger partial charge in [-0.25, -0.2) is 0 Å². The maximum atomic E-state index is 10.6. The third-order valence-corrected chi connectivity index (χ3v) is 3.16. The van der Waals surface area contributed by atoms with E-state index in [4.69, 9.17) is 34.8 Å². The van der Waals surface area contributed by atoms with Gasteiger partial charge in [-0.05, 0) is 17.7 Å². The Balaban J connectivity index is 2.56. The number of benzene rings is 2. The normalized spacial score (nSPS) is 10.3. The molecule has 0 aromatic heterocycles. The van der Waals surface area contributed by atoms with Gasteiger partial charge in [0.25, 0.3) is 0 Å². The molecule has 0 aliphatic heterocycles. The highest BCUT2D eigenvalue weighted by Gasteiger charge is 2.09. The number of rotatable bonds is 2. The van der Waals surface area contributed by atoms with Gasteiger partial charge in [0, 0.05) is 16.1 Å². The van der Waals surface area contributed by atoms with Crippen LogP contribution in [0, 0.1) is 0 Å². The fraction of sp³-hybridized carbons (Fsp3) is 0. The Morgan fingerprint density at radius 1 is 0.882 bits per heavy atom. The lowest BCUT2D eigenvalue weighted by atomic mass is 10.0. The molecule has 0 heterocycles. The summed E-state index contributed by atoms with van der Waals surface area (Å²) in [5, 5.41) is 1.47. The Morgan fingerprint density at radius 2 is 1.41 bits per heavy atom. The Hall–Kier alpha value is -1.02. The smallest absolute Gasteiger partial charge is 0.150 e. The molecular formula is C13H7Cl3O. The predicted molar refractivity (Wildman–Crippen MR) is 72.3 cm³/mol. The monoisotopic (exact) mass is 284 g/mol. The van der Waals surface area contributed by atoms with E-state index in [0.717, 1.165) is 17.4 Å². The molecule has 0 spiro atoms. The molecule has 0 fully saturated rings. The first kappa shape index (κ1) is 12.4. The molecule has 0 aliphatic rings. The molecule has 0 N–H and O–H groups in total. The minimum absolute atomic E-state index is 0.487. The summed E-state index contributed by atoms with van der Waals surface area (Å²) in [6.07, 6.45) is 0.787. The number of halogens is 3. The van der Waals surface area contributed by atoms with Gasteiger partial charge in [0.1, 0.15) is 6.29 Å². The zero-order valence-electron chi connectivity index (χ0n) is 8.58. The van der Waals surface area contributed by atoms with Crippen molar-refractivity contribution in [2.45, 2.75) is 0 Å². The van der Waals surface area contributed by atoms with E-state index < -0.39 is 0 Å². The van der Waals surface area contributed by atoms with Crippen molar-refractivity contribution in [3.05, 3.63) is 57.0 Å². The summed E-state index contributed by atoms with van der Waals surface area (Å²) in [4.78, 5) is 10.6. The maximum absolute atomic E-state index is 10.6. The van der Waals surface area contributed by atoms with Crippen molar-refractivity contribution in [1.82, 2.24) is 0 Å². The average molecular weight is 286 g/mol. The number of carbonyl (C=O) groups excluding carboxylic acids is 1. The van der Waals surface area contributed by atoms with Crippen LogP contribution < -0.4 is 0 Å². The lowest BCUT2D eigenvalue weighted by molar-refractivity contribution is 0.112. The van der Waals surface area contributed by atoms with Gasteiger partial charge in [-0.15, -0.1) is 0 Å². The summed E-state index contributed by atoms with van der Waals surface area (Å²) in [5.74, 6) is 0. The van der Waals surface area contributed by atoms with E-state index >= 15 is 0 Å². The summed E-state index contributed by atoms with van der Waals surface area (Å²) in [6, 6.07) is 10.3. The minimum atomic E-state index is 0.487. The van der Waals surface area contributed by atoms with Gasteiger partial charge in [0.2, 0.25) is 0 Å². The lowest BCUT2D eigenvalue weighted by Gasteiger charge is -2.08. The Bertz CT molecular complexity index is 538. The van der Waals surface area contributed by atoms with E-state index in [0.29, 0.717) is 20.6 Å². The Kier molecular flexibility index (Phi) is 3.72. The van der Waals surface area contributed by atoms with Gasteiger partial charge in [-0.3, -0.25) is 4.79 Å². The second kappa shape index (κ2) is 5.09. The minimum Gasteiger partial charge on any atom is -0.298 e. The van der Waals surface area contributed by atoms with Crippen LogP contribution >= 0.6 is 34.8 Å². The fourth-order valence-corrected chi connectivity index (χ4v) is 2.58. The number of aldehydes is 1. The molecule has 0 aliphatic carbocycles. The topological polar surface area (TPSA) is 17.1 Å². The van der Waals surface area contributed by atoms with E-state index in [-0.39, 0.29) is 0 Å². The third-order valence-electron chi connectivity index (χ3n) is 2.34. The van der Waals surface area contributed by atoms with Crippen LogP contribution in [0.25, 0.3) is 11.1 Å². The van der Waals surface area contributed by atoms with Gasteiger partial charge >= 0.3 is 0 Å². The lowest BCUT2D eigenvalue weighted by Crippen LogP contribution is -1.84. The second-order valence-electron chi connectivity index (χ2n) is 3.48. The molecule has 0 saturated carbocycles. The highest BCUT2D eigenvalue weighted by Crippen LogP contribution is 2.37. The van der Waals surface area contributed by atoms with Gasteiger partial charge in [0.05, 0.1) is 10.0 Å². The van der Waals surface area contributed by atoms with Crippen LogP contribution in [0.1, 0.15) is 10.4 Å². The molecular weight excluding hydrogens is 279 g/mol. The van der Waals surface area contributed by atoms with Crippen molar-refractivity contribution in [2.75, 3.05) is 0 Å². The number of carbonyl (C=O) groups is 1. The summed E-state index contributed by atoms with van der Waals surface area (Å²) in [5.41, 5.74) is 2.17. The third kappa shape index (κ3) is 2.63. The average Bonchev–Trinajstić information content (AvgIpc) is 2.28. The molecule has 0 unspecified atom stereocenters. The second-order valence-corrected chi connectivity index (χ2v) is 4.74. The molecule has 2 rings (SSSR count). The first-order valence-electron chi connectivity index (χ1n) is 4.82. The number of hydrogen-bond donors (Lipinski definition) is 0. The van der Waals surface area contributed by atoms with Crippen molar-refractivity contribution >= 4 is 41.1 Å². The van der Waals surface area contributed by atoms with Crippen molar-refractivity contribution in [3.8, 4) is 11.1 Å². The molecule has 2 aromatic rings. The highest BCUT2D eigenvalue weighted by molar-refractivity contribution is 6.41. The zero-order chi connectivity index (χ0) is 12.4. The quantitative estimate of drug-likeness (QED) is 0.699. The van der Waals surface area contributed by atoms with Gasteiger partial charge in [-0.1, -0.05) is 59.1 Å². The molecule has 4 heteroatoms. The largest absolute Gasteiger partial charge is 0.298 e. The molecule has 0 radical (unpaired) electrons. The number of hydrogen-bond acceptors (Lipinski definition) is 1. The Labute approximate surface area is 114 Å². The van der Waals surface area contributed by atoms with Crippen LogP contribution in [0.3, 0.4) is 0 Å². The summed E-state index contributed by atoms with van der Waals surface area (Å²) in [7, 11) is 0. The molecule has 0 saturated heterocycles. The summed E-state index contributed by atoms with van der Waals surface area (Å²) < 4.78 is 0. The van der Waals surface area contributed by atoms with Gasteiger partial charge in [0.15, 0.2) is 0 Å². The van der Waals surface area contributed by atoms with Crippen molar-refractivity contribution < 1.29 is 4.79 Å². The van der Waals surface area contributed by atoms with Crippen LogP contribution in [-0.2, 0) is 0 Å². The van der Waals surface area contributed by atoms with Crippen LogP contribution in [0.2, 0.25) is 15.1 Å². The standard InChI is InChI=1S/C13H7Cl3O/c14-10-5-11(15)13(12(16)6-10)9-3-1-8(7-17)2-4-9/h1-7H. The van der Waals surface area contributed by atoms with Crippen molar-refractivity contribution in [2.24, 2.45) is 0 Å². The molecule has 0 bridgehead atoms. The van der Waals surface area contributed by atoms with E-state index in [1.54, 1.807) is 36.4 Å². The molecule has 0 amide bonds. The van der Waals surface area contributed by atoms with Gasteiger partial charge in [-0.2, -0.15) is 0 Å². The van der Waals surface area contributed by atoms with Crippen LogP contribution in [0.15, 0.2) is 36.4 Å². The van der Waals surface area contributed by atoms with E-state index in [1.807, 2.05) is 0 Å². The van der Waals surface area contributed by atoms with Crippen LogP contribution in [0.4, 0.5) is 0 Å². The summed E-state index contributed by atoms with van der Waals surface area (Å²) in [6.45, 7) is 0. The van der Waals surface area contributed by atoms with Crippen LogP contribution in [0.5, 0.6) is 0 Å². The first-order chi connectivity index (χ1) is 8.11. The molecule has 1 nitrogen and oxygen atoms in total. The van der Waals surface area contributed by atoms with Crippen molar-refractivity contribution in [3.63, 3.8) is 0 Å². The SMILES string of the molecule is O=Cc1ccc(-c2c(Cl)cc(Cl)cc2Cl)cc1. The predicted octanol–water partition coefficient (Wildman–Crippen LogP) is 5.13. The molecule has 86 valence electrons. The molecule has 0 atom stereocenters. The van der Waals surface area contributed by atoms with E-state index in [1.165, 1.54) is 0 Å². The Morgan fingerprint density at radius 3 is 1.88 bits per heavy atom. The van der Waals surface area contributed by atoms with E-state index in [2.05, 4.69) is 0 Å². The highest BCUT2D eigenvalue weighted by atomic mass is 35.5. The zero-order valence-corrected chi connectivity index (χ0v) is 10.9. The van der Waals surface area contributed by atoms with E-state index in [9.17, 15) is 4.79 Å². The van der Waals surface area contributed by atoms with Gasteiger partial charge < -0.3 is 0 Å². The molecule has 17 heavy (non-hydrogen) atoms. The fourth-order valence-electron chi connectivity index (χ4n) is 1.55. The first-order valence-corrected chi connectivity index (χ1v) is 5.95. The van der Waals surface area contributed by atoms with Crippen LogP contribution in [-0.4, -0.2) is 6.29 Å². The molecule has 2 aromatic carbocycles.